The third-order valence-corrected chi connectivity index (χ3v) is 6.76. The van der Waals surface area contributed by atoms with Gasteiger partial charge in [0.2, 0.25) is 10.0 Å². The van der Waals surface area contributed by atoms with E-state index in [-0.39, 0.29) is 10.8 Å². The Bertz CT molecular complexity index is 1370. The lowest BCUT2D eigenvalue weighted by Gasteiger charge is -2.08. The number of aromatic nitrogens is 2. The van der Waals surface area contributed by atoms with E-state index in [0.29, 0.717) is 41.0 Å². The van der Waals surface area contributed by atoms with Gasteiger partial charge in [-0.1, -0.05) is 17.3 Å². The number of fused-ring (bicyclic) bond motifs is 1. The van der Waals surface area contributed by atoms with Crippen molar-refractivity contribution in [2.45, 2.75) is 25.2 Å². The third-order valence-electron chi connectivity index (χ3n) is 4.81. The van der Waals surface area contributed by atoms with Crippen LogP contribution in [0.2, 0.25) is 0 Å². The van der Waals surface area contributed by atoms with E-state index >= 15 is 0 Å². The molecule has 0 aliphatic heterocycles. The number of nitrogens with zero attached hydrogens (tertiary/aromatic N) is 2. The Morgan fingerprint density at radius 2 is 1.90 bits per heavy atom. The topological polar surface area (TPSA) is 128 Å². The summed E-state index contributed by atoms with van der Waals surface area (Å²) in [5.41, 5.74) is 2.91. The van der Waals surface area contributed by atoms with Crippen molar-refractivity contribution in [1.82, 2.24) is 15.5 Å². The fraction of sp³-hybridized carbons (Fsp3) is 0.190. The van der Waals surface area contributed by atoms with Crippen LogP contribution in [-0.4, -0.2) is 31.0 Å². The van der Waals surface area contributed by atoms with Gasteiger partial charge in [-0.25, -0.2) is 18.5 Å². The van der Waals surface area contributed by atoms with Crippen LogP contribution in [0.4, 0.5) is 0 Å². The molecule has 4 rings (SSSR count). The Balaban J connectivity index is 1.54. The van der Waals surface area contributed by atoms with E-state index in [9.17, 15) is 13.2 Å². The Morgan fingerprint density at radius 1 is 1.16 bits per heavy atom. The van der Waals surface area contributed by atoms with E-state index in [0.717, 1.165) is 15.3 Å². The first kappa shape index (κ1) is 21.2. The molecule has 0 unspecified atom stereocenters. The van der Waals surface area contributed by atoms with Gasteiger partial charge >= 0.3 is 0 Å². The normalized spacial score (nSPS) is 11.7. The predicted octanol–water partition coefficient (Wildman–Crippen LogP) is 3.19. The fourth-order valence-corrected chi connectivity index (χ4v) is 4.58. The zero-order valence-electron chi connectivity index (χ0n) is 16.9. The number of aryl methyl sites for hydroxylation is 2. The van der Waals surface area contributed by atoms with Gasteiger partial charge < -0.3 is 9.84 Å². The van der Waals surface area contributed by atoms with Gasteiger partial charge in [0, 0.05) is 11.4 Å². The molecule has 160 valence electrons. The maximum atomic E-state index is 13.0. The van der Waals surface area contributed by atoms with Gasteiger partial charge in [-0.15, -0.1) is 11.3 Å². The van der Waals surface area contributed by atoms with Crippen LogP contribution in [0.5, 0.6) is 0 Å². The molecule has 31 heavy (non-hydrogen) atoms. The lowest BCUT2D eigenvalue weighted by molar-refractivity contribution is 0.0955. The quantitative estimate of drug-likeness (QED) is 0.459. The number of sulfonamides is 1. The number of amides is 1. The van der Waals surface area contributed by atoms with Crippen molar-refractivity contribution in [3.05, 3.63) is 64.2 Å². The van der Waals surface area contributed by atoms with Crippen LogP contribution < -0.4 is 10.5 Å². The third kappa shape index (κ3) is 4.50. The summed E-state index contributed by atoms with van der Waals surface area (Å²) < 4.78 is 28.0. The Kier molecular flexibility index (Phi) is 5.61. The van der Waals surface area contributed by atoms with Gasteiger partial charge in [-0.3, -0.25) is 4.79 Å². The molecule has 3 heterocycles. The van der Waals surface area contributed by atoms with E-state index in [1.807, 2.05) is 19.1 Å². The minimum atomic E-state index is -3.72. The average molecular weight is 457 g/mol. The second kappa shape index (κ2) is 8.22. The molecule has 0 saturated carbocycles. The van der Waals surface area contributed by atoms with E-state index in [1.165, 1.54) is 12.1 Å². The molecule has 0 saturated heterocycles. The summed E-state index contributed by atoms with van der Waals surface area (Å²) >= 11 is 1.59. The Hall–Kier alpha value is -3.08. The number of hydrogen-bond acceptors (Lipinski definition) is 7. The highest BCUT2D eigenvalue weighted by Crippen LogP contribution is 2.31. The molecule has 1 amide bonds. The number of rotatable bonds is 6. The highest BCUT2D eigenvalue weighted by Gasteiger charge is 2.19. The van der Waals surface area contributed by atoms with Crippen LogP contribution in [0.15, 0.2) is 51.9 Å². The van der Waals surface area contributed by atoms with Gasteiger partial charge in [0.15, 0.2) is 0 Å². The maximum absolute atomic E-state index is 13.0. The molecule has 4 aromatic rings. The second-order valence-electron chi connectivity index (χ2n) is 7.11. The molecular formula is C21H20N4O4S2. The van der Waals surface area contributed by atoms with Crippen LogP contribution >= 0.6 is 11.3 Å². The maximum Gasteiger partial charge on any atom is 0.259 e. The number of benzene rings is 1. The molecule has 0 bridgehead atoms. The van der Waals surface area contributed by atoms with Crippen molar-refractivity contribution in [1.29, 1.82) is 0 Å². The molecule has 0 fully saturated rings. The van der Waals surface area contributed by atoms with Gasteiger partial charge in [0.05, 0.1) is 32.1 Å². The Labute approximate surface area is 183 Å². The predicted molar refractivity (Wildman–Crippen MR) is 118 cm³/mol. The summed E-state index contributed by atoms with van der Waals surface area (Å²) in [7, 11) is -3.72. The monoisotopic (exact) mass is 456 g/mol. The van der Waals surface area contributed by atoms with Crippen molar-refractivity contribution in [3.63, 3.8) is 0 Å². The minimum Gasteiger partial charge on any atom is -0.352 e. The molecule has 1 aromatic carbocycles. The van der Waals surface area contributed by atoms with Gasteiger partial charge in [0.1, 0.15) is 0 Å². The van der Waals surface area contributed by atoms with Crippen molar-refractivity contribution in [3.8, 4) is 10.6 Å². The zero-order chi connectivity index (χ0) is 22.2. The first-order valence-corrected chi connectivity index (χ1v) is 11.8. The molecule has 3 aromatic heterocycles. The molecular weight excluding hydrogens is 436 g/mol. The van der Waals surface area contributed by atoms with Crippen molar-refractivity contribution in [2.75, 3.05) is 6.54 Å². The zero-order valence-corrected chi connectivity index (χ0v) is 18.5. The first-order chi connectivity index (χ1) is 14.7. The smallest absolute Gasteiger partial charge is 0.259 e. The minimum absolute atomic E-state index is 0.0544. The van der Waals surface area contributed by atoms with Crippen LogP contribution in [-0.2, 0) is 16.4 Å². The summed E-state index contributed by atoms with van der Waals surface area (Å²) in [6.45, 7) is 4.15. The second-order valence-corrected chi connectivity index (χ2v) is 9.96. The Morgan fingerprint density at radius 3 is 2.55 bits per heavy atom. The molecule has 0 atom stereocenters. The summed E-state index contributed by atoms with van der Waals surface area (Å²) in [5.74, 6) is -0.255. The number of thiophene rings is 1. The molecule has 10 heteroatoms. The highest BCUT2D eigenvalue weighted by molar-refractivity contribution is 7.89. The van der Waals surface area contributed by atoms with E-state index in [2.05, 4.69) is 15.5 Å². The number of pyridine rings is 1. The number of carbonyl (C=O) groups is 1. The number of primary sulfonamides is 1. The largest absolute Gasteiger partial charge is 0.352 e. The number of nitrogens with two attached hydrogens (primary N) is 1. The van der Waals surface area contributed by atoms with Crippen LogP contribution in [0.1, 0.15) is 26.5 Å². The molecule has 0 radical (unpaired) electrons. The van der Waals surface area contributed by atoms with Crippen LogP contribution in [0, 0.1) is 13.8 Å². The van der Waals surface area contributed by atoms with E-state index in [1.54, 1.807) is 36.5 Å². The van der Waals surface area contributed by atoms with Gasteiger partial charge in [0.25, 0.3) is 11.6 Å². The van der Waals surface area contributed by atoms with Crippen LogP contribution in [0.3, 0.4) is 0 Å². The van der Waals surface area contributed by atoms with E-state index in [4.69, 9.17) is 9.66 Å². The SMILES string of the molecule is Cc1ccc(-c2cc(C(=O)NCCc3ccc(S(N)(=O)=O)cc3)c3c(C)noc3n2)s1. The van der Waals surface area contributed by atoms with E-state index < -0.39 is 10.0 Å². The summed E-state index contributed by atoms with van der Waals surface area (Å²) in [6, 6.07) is 12.0. The fourth-order valence-electron chi connectivity index (χ4n) is 3.23. The average Bonchev–Trinajstić information content (AvgIpc) is 3.33. The lowest BCUT2D eigenvalue weighted by Crippen LogP contribution is -2.26. The highest BCUT2D eigenvalue weighted by atomic mass is 32.2. The van der Waals surface area contributed by atoms with Crippen LogP contribution in [0.25, 0.3) is 21.7 Å². The summed E-state index contributed by atoms with van der Waals surface area (Å²) in [4.78, 5) is 19.6. The number of nitrogens with one attached hydrogen (secondary N) is 1. The summed E-state index contributed by atoms with van der Waals surface area (Å²) in [5, 5.41) is 12.6. The lowest BCUT2D eigenvalue weighted by atomic mass is 10.1. The standard InChI is InChI=1S/C21H20N4O4S2/c1-12-3-8-18(30-12)17-11-16(19-13(2)25-29-21(19)24-17)20(26)23-10-9-14-4-6-15(7-5-14)31(22,27)28/h3-8,11H,9-10H2,1-2H3,(H,23,26)(H2,22,27,28). The number of hydrogen-bond donors (Lipinski definition) is 2. The van der Waals surface area contributed by atoms with Gasteiger partial charge in [-0.2, -0.15) is 0 Å². The molecule has 0 aliphatic carbocycles. The van der Waals surface area contributed by atoms with Crippen molar-refractivity contribution in [2.24, 2.45) is 5.14 Å². The van der Waals surface area contributed by atoms with Crippen molar-refractivity contribution >= 4 is 38.4 Å². The van der Waals surface area contributed by atoms with Gasteiger partial charge in [-0.05, 0) is 56.2 Å². The first-order valence-electron chi connectivity index (χ1n) is 9.46. The summed E-state index contributed by atoms with van der Waals surface area (Å²) in [6.07, 6.45) is 0.532. The molecule has 8 nitrogen and oxygen atoms in total. The molecule has 3 N–H and O–H groups in total. The van der Waals surface area contributed by atoms with Crippen molar-refractivity contribution < 1.29 is 17.7 Å². The molecule has 0 spiro atoms. The molecule has 0 aliphatic rings. The number of carbonyl (C=O) groups excluding carboxylic acids is 1.